The number of ether oxygens (including phenoxy) is 2. The lowest BCUT2D eigenvalue weighted by Crippen LogP contribution is -2.28. The highest BCUT2D eigenvalue weighted by atomic mass is 32.2. The zero-order valence-electron chi connectivity index (χ0n) is 13.6. The molecule has 0 spiro atoms. The first-order chi connectivity index (χ1) is 12.2. The van der Waals surface area contributed by atoms with Crippen LogP contribution >= 0.6 is 0 Å². The van der Waals surface area contributed by atoms with E-state index in [2.05, 4.69) is 4.74 Å². The maximum atomic E-state index is 12.4. The second kappa shape index (κ2) is 7.98. The minimum atomic E-state index is -4.90. The molecule has 2 aromatic carbocycles. The highest BCUT2D eigenvalue weighted by Gasteiger charge is 2.38. The Morgan fingerprint density at radius 3 is 2.00 bits per heavy atom. The number of hydrogen-bond donors (Lipinski definition) is 2. The van der Waals surface area contributed by atoms with Crippen molar-refractivity contribution in [2.45, 2.75) is 11.4 Å². The highest BCUT2D eigenvalue weighted by Crippen LogP contribution is 2.28. The molecular weight excluding hydrogens is 364 g/mol. The molecule has 0 aliphatic heterocycles. The van der Waals surface area contributed by atoms with E-state index in [0.717, 1.165) is 31.4 Å². The van der Waals surface area contributed by atoms with Crippen molar-refractivity contribution in [3.05, 3.63) is 65.7 Å². The number of esters is 2. The molecule has 0 fully saturated rings. The third-order valence-electron chi connectivity index (χ3n) is 3.46. The molecule has 0 amide bonds. The van der Waals surface area contributed by atoms with Crippen molar-refractivity contribution in [2.24, 2.45) is 0 Å². The molecule has 0 saturated heterocycles. The second-order valence-corrected chi connectivity index (χ2v) is 6.74. The predicted molar refractivity (Wildman–Crippen MR) is 89.7 cm³/mol. The van der Waals surface area contributed by atoms with Crippen LogP contribution in [0.4, 0.5) is 0 Å². The van der Waals surface area contributed by atoms with E-state index in [-0.39, 0.29) is 16.9 Å². The largest absolute Gasteiger partial charge is 0.508 e. The average molecular weight is 380 g/mol. The third kappa shape index (κ3) is 4.58. The standard InChI is InChI=1S/C17H16O8S/c1-24-16(19)14(11-5-3-2-4-6-11)25-17(20)15(26(21,22)23)12-7-9-13(18)10-8-12/h2-10,14-15,18H,1H3,(H,21,22,23). The molecule has 2 N–H and O–H groups in total. The van der Waals surface area contributed by atoms with Gasteiger partial charge in [0.2, 0.25) is 11.4 Å². The number of phenols is 1. The highest BCUT2D eigenvalue weighted by molar-refractivity contribution is 7.86. The van der Waals surface area contributed by atoms with Gasteiger partial charge in [0.1, 0.15) is 5.75 Å². The number of benzene rings is 2. The van der Waals surface area contributed by atoms with Crippen LogP contribution in [0.3, 0.4) is 0 Å². The predicted octanol–water partition coefficient (Wildman–Crippen LogP) is 1.78. The molecule has 0 heterocycles. The molecule has 8 nitrogen and oxygen atoms in total. The zero-order valence-corrected chi connectivity index (χ0v) is 14.4. The summed E-state index contributed by atoms with van der Waals surface area (Å²) in [5.41, 5.74) is 0.138. The van der Waals surface area contributed by atoms with Crippen LogP contribution in [0, 0.1) is 0 Å². The molecular formula is C17H16O8S. The van der Waals surface area contributed by atoms with Crippen molar-refractivity contribution < 1.29 is 37.1 Å². The van der Waals surface area contributed by atoms with Crippen molar-refractivity contribution in [3.63, 3.8) is 0 Å². The molecule has 2 rings (SSSR count). The fraction of sp³-hybridized carbons (Fsp3) is 0.176. The molecule has 2 unspecified atom stereocenters. The van der Waals surface area contributed by atoms with E-state index in [0.29, 0.717) is 0 Å². The fourth-order valence-electron chi connectivity index (χ4n) is 2.24. The van der Waals surface area contributed by atoms with E-state index < -0.39 is 33.4 Å². The van der Waals surface area contributed by atoms with Crippen LogP contribution in [0.1, 0.15) is 22.5 Å². The van der Waals surface area contributed by atoms with Gasteiger partial charge in [-0.1, -0.05) is 42.5 Å². The first kappa shape index (κ1) is 19.4. The van der Waals surface area contributed by atoms with Crippen LogP contribution in [0.25, 0.3) is 0 Å². The molecule has 0 bridgehead atoms. The Balaban J connectivity index is 2.38. The van der Waals surface area contributed by atoms with Gasteiger partial charge in [-0.05, 0) is 17.7 Å². The SMILES string of the molecule is COC(=O)C(OC(=O)C(c1ccc(O)cc1)S(=O)(=O)O)c1ccccc1. The first-order valence-electron chi connectivity index (χ1n) is 7.32. The van der Waals surface area contributed by atoms with Gasteiger partial charge in [-0.3, -0.25) is 9.35 Å². The number of rotatable bonds is 6. The maximum absolute atomic E-state index is 12.4. The van der Waals surface area contributed by atoms with Crippen molar-refractivity contribution in [1.29, 1.82) is 0 Å². The lowest BCUT2D eigenvalue weighted by atomic mass is 10.1. The van der Waals surface area contributed by atoms with Crippen molar-refractivity contribution in [3.8, 4) is 5.75 Å². The van der Waals surface area contributed by atoms with E-state index in [1.807, 2.05) is 0 Å². The van der Waals surface area contributed by atoms with Crippen molar-refractivity contribution in [1.82, 2.24) is 0 Å². The van der Waals surface area contributed by atoms with Gasteiger partial charge in [-0.2, -0.15) is 8.42 Å². The molecule has 0 aliphatic carbocycles. The van der Waals surface area contributed by atoms with Crippen molar-refractivity contribution in [2.75, 3.05) is 7.11 Å². The molecule has 0 aliphatic rings. The quantitative estimate of drug-likeness (QED) is 0.573. The normalized spacial score (nSPS) is 13.5. The van der Waals surface area contributed by atoms with Gasteiger partial charge in [-0.25, -0.2) is 4.79 Å². The molecule has 9 heteroatoms. The Morgan fingerprint density at radius 2 is 1.50 bits per heavy atom. The Morgan fingerprint density at radius 1 is 0.923 bits per heavy atom. The zero-order chi connectivity index (χ0) is 19.3. The van der Waals surface area contributed by atoms with Gasteiger partial charge in [-0.15, -0.1) is 0 Å². The van der Waals surface area contributed by atoms with Crippen LogP contribution in [-0.4, -0.2) is 37.1 Å². The maximum Gasteiger partial charge on any atom is 0.351 e. The monoisotopic (exact) mass is 380 g/mol. The summed E-state index contributed by atoms with van der Waals surface area (Å²) in [5.74, 6) is -2.44. The van der Waals surface area contributed by atoms with Crippen LogP contribution < -0.4 is 0 Å². The van der Waals surface area contributed by atoms with Crippen LogP contribution in [0.15, 0.2) is 54.6 Å². The van der Waals surface area contributed by atoms with Gasteiger partial charge in [0.05, 0.1) is 7.11 Å². The number of phenolic OH excluding ortho intramolecular Hbond substituents is 1. The molecule has 2 atom stereocenters. The lowest BCUT2D eigenvalue weighted by Gasteiger charge is -2.19. The second-order valence-electron chi connectivity index (χ2n) is 5.24. The summed E-state index contributed by atoms with van der Waals surface area (Å²) in [6.45, 7) is 0. The smallest absolute Gasteiger partial charge is 0.351 e. The summed E-state index contributed by atoms with van der Waals surface area (Å²) >= 11 is 0. The summed E-state index contributed by atoms with van der Waals surface area (Å²) in [6.07, 6.45) is -1.50. The van der Waals surface area contributed by atoms with Gasteiger partial charge >= 0.3 is 11.9 Å². The number of carbonyl (C=O) groups is 2. The third-order valence-corrected chi connectivity index (χ3v) is 4.52. The molecule has 26 heavy (non-hydrogen) atoms. The van der Waals surface area contributed by atoms with Crippen LogP contribution in [0.5, 0.6) is 5.75 Å². The average Bonchev–Trinajstić information content (AvgIpc) is 2.60. The first-order valence-corrected chi connectivity index (χ1v) is 8.83. The Bertz CT molecular complexity index is 875. The Kier molecular flexibility index (Phi) is 5.96. The lowest BCUT2D eigenvalue weighted by molar-refractivity contribution is -0.166. The number of carbonyl (C=O) groups excluding carboxylic acids is 2. The summed E-state index contributed by atoms with van der Waals surface area (Å²) in [7, 11) is -3.81. The molecule has 0 aromatic heterocycles. The van der Waals surface area contributed by atoms with Crippen molar-refractivity contribution >= 4 is 22.1 Å². The minimum absolute atomic E-state index is 0.132. The summed E-state index contributed by atoms with van der Waals surface area (Å²) in [5, 5.41) is 7.21. The number of hydrogen-bond acceptors (Lipinski definition) is 7. The van der Waals surface area contributed by atoms with Gasteiger partial charge in [0.25, 0.3) is 10.1 Å². The van der Waals surface area contributed by atoms with Gasteiger partial charge in [0, 0.05) is 5.56 Å². The van der Waals surface area contributed by atoms with E-state index in [9.17, 15) is 27.7 Å². The molecule has 0 saturated carbocycles. The molecule has 0 radical (unpaired) electrons. The van der Waals surface area contributed by atoms with E-state index in [1.165, 1.54) is 12.1 Å². The fourth-order valence-corrected chi connectivity index (χ4v) is 3.04. The topological polar surface area (TPSA) is 127 Å². The van der Waals surface area contributed by atoms with Gasteiger partial charge < -0.3 is 14.6 Å². The van der Waals surface area contributed by atoms with Gasteiger partial charge in [0.15, 0.2) is 0 Å². The number of methoxy groups -OCH3 is 1. The summed E-state index contributed by atoms with van der Waals surface area (Å²) < 4.78 is 42.5. The van der Waals surface area contributed by atoms with E-state index >= 15 is 0 Å². The molecule has 138 valence electrons. The van der Waals surface area contributed by atoms with Crippen LogP contribution in [0.2, 0.25) is 0 Å². The van der Waals surface area contributed by atoms with E-state index in [4.69, 9.17) is 4.74 Å². The van der Waals surface area contributed by atoms with Crippen LogP contribution in [-0.2, 0) is 29.2 Å². The minimum Gasteiger partial charge on any atom is -0.508 e. The number of aromatic hydroxyl groups is 1. The summed E-state index contributed by atoms with van der Waals surface area (Å²) in [4.78, 5) is 24.4. The van der Waals surface area contributed by atoms with E-state index in [1.54, 1.807) is 18.2 Å². The molecule has 2 aromatic rings. The Labute approximate surface area is 149 Å². The Hall–Kier alpha value is -2.91. The summed E-state index contributed by atoms with van der Waals surface area (Å²) in [6, 6.07) is 12.5.